The maximum atomic E-state index is 14.1. The van der Waals surface area contributed by atoms with Gasteiger partial charge in [-0.15, -0.1) is 0 Å². The normalized spacial score (nSPS) is 14.5. The number of anilines is 1. The third kappa shape index (κ3) is 3.87. The van der Waals surface area contributed by atoms with Crippen LogP contribution in [0.3, 0.4) is 0 Å². The van der Waals surface area contributed by atoms with E-state index < -0.39 is 4.08 Å². The smallest absolute Gasteiger partial charge is 0.260 e. The summed E-state index contributed by atoms with van der Waals surface area (Å²) in [6.07, 6.45) is 1.76. The van der Waals surface area contributed by atoms with E-state index in [0.29, 0.717) is 6.54 Å². The number of fused-ring (bicyclic) bond motifs is 1. The molecule has 0 spiro atoms. The molecule has 0 N–H and O–H groups in total. The molecule has 5 heteroatoms. The first-order valence-electron chi connectivity index (χ1n) is 10.1. The first-order valence-corrected chi connectivity index (χ1v) is 11.7. The number of hydrogen-bond acceptors (Lipinski definition) is 4. The van der Waals surface area contributed by atoms with Gasteiger partial charge in [0.25, 0.3) is 5.91 Å². The van der Waals surface area contributed by atoms with E-state index in [1.807, 2.05) is 83.8 Å². The minimum Gasteiger partial charge on any atom is -0.290 e. The second-order valence-electron chi connectivity index (χ2n) is 7.20. The molecular weight excluding hydrogens is 420 g/mol. The van der Waals surface area contributed by atoms with Crippen LogP contribution in [0.15, 0.2) is 119 Å². The number of benzene rings is 3. The average Bonchev–Trinajstić information content (AvgIpc) is 3.04. The van der Waals surface area contributed by atoms with Crippen LogP contribution >= 0.6 is 23.5 Å². The van der Waals surface area contributed by atoms with Crippen LogP contribution in [-0.4, -0.2) is 10.9 Å². The molecular formula is C26H20N2OS2. The van der Waals surface area contributed by atoms with Crippen molar-refractivity contribution in [3.05, 3.63) is 120 Å². The molecule has 2 heterocycles. The van der Waals surface area contributed by atoms with Crippen LogP contribution < -0.4 is 4.90 Å². The average molecular weight is 441 g/mol. The van der Waals surface area contributed by atoms with Crippen LogP contribution in [-0.2, 0) is 15.4 Å². The summed E-state index contributed by atoms with van der Waals surface area (Å²) in [5, 5.41) is 0. The summed E-state index contributed by atoms with van der Waals surface area (Å²) in [6, 6.07) is 34.3. The highest BCUT2D eigenvalue weighted by Crippen LogP contribution is 2.59. The first kappa shape index (κ1) is 19.9. The van der Waals surface area contributed by atoms with E-state index in [1.165, 1.54) is 0 Å². The Morgan fingerprint density at radius 3 is 1.84 bits per heavy atom. The zero-order valence-electron chi connectivity index (χ0n) is 16.7. The van der Waals surface area contributed by atoms with Crippen LogP contribution in [0.2, 0.25) is 0 Å². The molecule has 1 aromatic heterocycles. The zero-order chi connectivity index (χ0) is 21.1. The molecule has 5 rings (SSSR count). The van der Waals surface area contributed by atoms with Crippen molar-refractivity contribution >= 4 is 35.2 Å². The molecule has 1 aliphatic rings. The van der Waals surface area contributed by atoms with E-state index in [1.54, 1.807) is 29.7 Å². The van der Waals surface area contributed by atoms with E-state index >= 15 is 0 Å². The number of hydrogen-bond donors (Lipinski definition) is 0. The molecule has 1 aliphatic heterocycles. The van der Waals surface area contributed by atoms with E-state index in [4.69, 9.17) is 0 Å². The van der Waals surface area contributed by atoms with Gasteiger partial charge in [0.05, 0.1) is 6.54 Å². The van der Waals surface area contributed by atoms with Crippen LogP contribution in [0.5, 0.6) is 0 Å². The van der Waals surface area contributed by atoms with Gasteiger partial charge in [0.2, 0.25) is 0 Å². The van der Waals surface area contributed by atoms with Gasteiger partial charge in [-0.1, -0.05) is 96.3 Å². The first-order chi connectivity index (χ1) is 15.3. The summed E-state index contributed by atoms with van der Waals surface area (Å²) < 4.78 is -0.846. The summed E-state index contributed by atoms with van der Waals surface area (Å²) >= 11 is 3.18. The summed E-state index contributed by atoms with van der Waals surface area (Å²) in [4.78, 5) is 22.7. The summed E-state index contributed by atoms with van der Waals surface area (Å²) in [5.41, 5.74) is 2.02. The number of rotatable bonds is 6. The fraction of sp³-hybridized carbons (Fsp3) is 0.0769. The third-order valence-electron chi connectivity index (χ3n) is 5.12. The van der Waals surface area contributed by atoms with Crippen molar-refractivity contribution in [3.63, 3.8) is 0 Å². The Morgan fingerprint density at radius 1 is 0.710 bits per heavy atom. The van der Waals surface area contributed by atoms with Gasteiger partial charge in [-0.05, 0) is 35.9 Å². The van der Waals surface area contributed by atoms with Crippen molar-refractivity contribution in [1.29, 1.82) is 0 Å². The van der Waals surface area contributed by atoms with Gasteiger partial charge >= 0.3 is 0 Å². The minimum atomic E-state index is -0.846. The molecule has 0 saturated heterocycles. The van der Waals surface area contributed by atoms with Gasteiger partial charge < -0.3 is 0 Å². The van der Waals surface area contributed by atoms with Gasteiger partial charge in [0.1, 0.15) is 5.82 Å². The fourth-order valence-electron chi connectivity index (χ4n) is 3.70. The van der Waals surface area contributed by atoms with Crippen molar-refractivity contribution < 1.29 is 4.79 Å². The third-order valence-corrected chi connectivity index (χ3v) is 8.00. The van der Waals surface area contributed by atoms with Gasteiger partial charge in [-0.2, -0.15) is 0 Å². The van der Waals surface area contributed by atoms with Crippen molar-refractivity contribution in [2.24, 2.45) is 0 Å². The monoisotopic (exact) mass is 440 g/mol. The molecule has 0 radical (unpaired) electrons. The summed E-state index contributed by atoms with van der Waals surface area (Å²) in [5.74, 6) is 0.788. The number of nitrogens with zero attached hydrogens (tertiary/aromatic N) is 2. The highest BCUT2D eigenvalue weighted by Gasteiger charge is 2.53. The Morgan fingerprint density at radius 2 is 1.26 bits per heavy atom. The molecule has 0 bridgehead atoms. The largest absolute Gasteiger partial charge is 0.290 e. The molecule has 0 fully saturated rings. The van der Waals surface area contributed by atoms with Crippen LogP contribution in [0.4, 0.5) is 5.82 Å². The fourth-order valence-corrected chi connectivity index (χ4v) is 6.63. The Balaban J connectivity index is 1.63. The number of carbonyl (C=O) groups is 1. The number of amides is 1. The lowest BCUT2D eigenvalue weighted by molar-refractivity contribution is -0.118. The molecule has 152 valence electrons. The Bertz CT molecular complexity index is 1140. The SMILES string of the molecule is O=C1N(Cc2ccccc2)c2ncccc2C1(Sc1ccccc1)Sc1ccccc1. The lowest BCUT2D eigenvalue weighted by Gasteiger charge is -2.27. The molecule has 31 heavy (non-hydrogen) atoms. The Labute approximate surface area is 190 Å². The van der Waals surface area contributed by atoms with Crippen molar-refractivity contribution in [2.75, 3.05) is 4.90 Å². The topological polar surface area (TPSA) is 33.2 Å². The molecule has 0 atom stereocenters. The maximum absolute atomic E-state index is 14.1. The van der Waals surface area contributed by atoms with E-state index in [9.17, 15) is 4.79 Å². The van der Waals surface area contributed by atoms with Crippen molar-refractivity contribution in [1.82, 2.24) is 4.98 Å². The molecule has 3 aromatic carbocycles. The summed E-state index contributed by atoms with van der Waals surface area (Å²) in [6.45, 7) is 0.496. The van der Waals surface area contributed by atoms with Crippen LogP contribution in [0, 0.1) is 0 Å². The highest BCUT2D eigenvalue weighted by molar-refractivity contribution is 8.18. The van der Waals surface area contributed by atoms with Crippen molar-refractivity contribution in [2.45, 2.75) is 20.4 Å². The van der Waals surface area contributed by atoms with Crippen LogP contribution in [0.25, 0.3) is 0 Å². The quantitative estimate of drug-likeness (QED) is 0.326. The minimum absolute atomic E-state index is 0.0489. The van der Waals surface area contributed by atoms with Gasteiger partial charge in [0, 0.05) is 21.6 Å². The van der Waals surface area contributed by atoms with E-state index in [2.05, 4.69) is 29.2 Å². The molecule has 4 aromatic rings. The standard InChI is InChI=1S/C26H20N2OS2/c29-25-26(30-21-13-6-2-7-14-21,31-22-15-8-3-9-16-22)23-17-10-18-27-24(23)28(25)19-20-11-4-1-5-12-20/h1-18H,19H2. The number of aromatic nitrogens is 1. The number of thioether (sulfide) groups is 2. The zero-order valence-corrected chi connectivity index (χ0v) is 18.4. The Kier molecular flexibility index (Phi) is 5.53. The van der Waals surface area contributed by atoms with Gasteiger partial charge in [-0.3, -0.25) is 9.69 Å². The highest BCUT2D eigenvalue weighted by atomic mass is 32.2. The molecule has 0 aliphatic carbocycles. The Hall–Kier alpha value is -3.02. The number of carbonyl (C=O) groups excluding carboxylic acids is 1. The molecule has 0 unspecified atom stereocenters. The summed E-state index contributed by atoms with van der Waals surface area (Å²) in [7, 11) is 0. The maximum Gasteiger partial charge on any atom is 0.260 e. The molecule has 0 saturated carbocycles. The predicted molar refractivity (Wildman–Crippen MR) is 128 cm³/mol. The lowest BCUT2D eigenvalue weighted by Crippen LogP contribution is -2.35. The van der Waals surface area contributed by atoms with Gasteiger partial charge in [-0.25, -0.2) is 4.98 Å². The second kappa shape index (κ2) is 8.61. The number of pyridine rings is 1. The second-order valence-corrected chi connectivity index (χ2v) is 10.0. The predicted octanol–water partition coefficient (Wildman–Crippen LogP) is 6.37. The molecule has 1 amide bonds. The van der Waals surface area contributed by atoms with E-state index in [-0.39, 0.29) is 5.91 Å². The van der Waals surface area contributed by atoms with Crippen LogP contribution in [0.1, 0.15) is 11.1 Å². The lowest BCUT2D eigenvalue weighted by atomic mass is 10.2. The van der Waals surface area contributed by atoms with E-state index in [0.717, 1.165) is 26.7 Å². The van der Waals surface area contributed by atoms with Crippen molar-refractivity contribution in [3.8, 4) is 0 Å². The van der Waals surface area contributed by atoms with Gasteiger partial charge in [0.15, 0.2) is 4.08 Å². The molecule has 3 nitrogen and oxygen atoms in total.